The van der Waals surface area contributed by atoms with Crippen molar-refractivity contribution < 1.29 is 13.9 Å². The van der Waals surface area contributed by atoms with Gasteiger partial charge in [-0.25, -0.2) is 4.79 Å². The van der Waals surface area contributed by atoms with Crippen LogP contribution in [0.5, 0.6) is 5.75 Å². The highest BCUT2D eigenvalue weighted by Gasteiger charge is 2.06. The quantitative estimate of drug-likeness (QED) is 0.384. The van der Waals surface area contributed by atoms with Gasteiger partial charge in [-0.3, -0.25) is 4.79 Å². The zero-order chi connectivity index (χ0) is 12.4. The second-order valence-corrected chi connectivity index (χ2v) is 3.82. The molecule has 0 bridgehead atoms. The summed E-state index contributed by atoms with van der Waals surface area (Å²) in [5.41, 5.74) is 0.732. The van der Waals surface area contributed by atoms with E-state index in [2.05, 4.69) is 12.6 Å². The van der Waals surface area contributed by atoms with Crippen LogP contribution in [0.15, 0.2) is 33.5 Å². The lowest BCUT2D eigenvalue weighted by Crippen LogP contribution is -2.02. The van der Waals surface area contributed by atoms with Crippen LogP contribution < -0.4 is 10.4 Å². The molecule has 0 amide bonds. The Morgan fingerprint density at radius 2 is 2.18 bits per heavy atom. The van der Waals surface area contributed by atoms with Gasteiger partial charge in [0.1, 0.15) is 11.3 Å². The summed E-state index contributed by atoms with van der Waals surface area (Å²) in [5, 5.41) is 0.788. The Labute approximate surface area is 103 Å². The van der Waals surface area contributed by atoms with Crippen molar-refractivity contribution in [1.29, 1.82) is 0 Å². The van der Waals surface area contributed by atoms with Crippen LogP contribution >= 0.6 is 12.6 Å². The van der Waals surface area contributed by atoms with Gasteiger partial charge in [0, 0.05) is 30.2 Å². The van der Waals surface area contributed by atoms with Crippen molar-refractivity contribution in [3.8, 4) is 5.75 Å². The van der Waals surface area contributed by atoms with Crippen LogP contribution in [-0.2, 0) is 10.5 Å². The maximum Gasteiger partial charge on any atom is 0.336 e. The number of hydrogen-bond donors (Lipinski definition) is 1. The minimum absolute atomic E-state index is 0.351. The number of fused-ring (bicyclic) bond motifs is 1. The fourth-order valence-corrected chi connectivity index (χ4v) is 1.83. The molecule has 0 saturated heterocycles. The summed E-state index contributed by atoms with van der Waals surface area (Å²) in [4.78, 5) is 22.1. The van der Waals surface area contributed by atoms with E-state index in [0.717, 1.165) is 10.9 Å². The van der Waals surface area contributed by atoms with Gasteiger partial charge in [0.15, 0.2) is 0 Å². The van der Waals surface area contributed by atoms with Crippen LogP contribution in [0.1, 0.15) is 12.5 Å². The number of hydrogen-bond acceptors (Lipinski definition) is 5. The molecule has 1 heterocycles. The van der Waals surface area contributed by atoms with Gasteiger partial charge in [-0.05, 0) is 17.7 Å². The monoisotopic (exact) mass is 250 g/mol. The summed E-state index contributed by atoms with van der Waals surface area (Å²) in [5.74, 6) is 0.371. The molecule has 0 atom stereocenters. The molecule has 0 aliphatic carbocycles. The number of esters is 1. The summed E-state index contributed by atoms with van der Waals surface area (Å²) in [6.07, 6.45) is 0. The summed E-state index contributed by atoms with van der Waals surface area (Å²) >= 11 is 4.15. The predicted molar refractivity (Wildman–Crippen MR) is 66.5 cm³/mol. The summed E-state index contributed by atoms with van der Waals surface area (Å²) in [6, 6.07) is 6.31. The van der Waals surface area contributed by atoms with E-state index >= 15 is 0 Å². The first-order valence-electron chi connectivity index (χ1n) is 4.96. The second-order valence-electron chi connectivity index (χ2n) is 3.50. The van der Waals surface area contributed by atoms with Crippen molar-refractivity contribution in [3.63, 3.8) is 0 Å². The standard InChI is InChI=1S/C12H10O4S/c1-7(13)15-9-2-3-10-8(6-17)4-12(14)16-11(10)5-9/h2-5,17H,6H2,1H3. The first-order valence-corrected chi connectivity index (χ1v) is 5.59. The van der Waals surface area contributed by atoms with E-state index in [1.165, 1.54) is 19.1 Å². The van der Waals surface area contributed by atoms with Gasteiger partial charge in [-0.15, -0.1) is 0 Å². The molecule has 4 nitrogen and oxygen atoms in total. The Hall–Kier alpha value is -1.75. The van der Waals surface area contributed by atoms with Gasteiger partial charge in [0.05, 0.1) is 0 Å². The maximum atomic E-state index is 11.3. The molecule has 1 aromatic heterocycles. The predicted octanol–water partition coefficient (Wildman–Crippen LogP) is 2.15. The number of rotatable bonds is 2. The second kappa shape index (κ2) is 4.63. The first-order chi connectivity index (χ1) is 8.10. The minimum atomic E-state index is -0.443. The molecule has 0 spiro atoms. The lowest BCUT2D eigenvalue weighted by Gasteiger charge is -2.04. The van der Waals surface area contributed by atoms with Crippen molar-refractivity contribution in [3.05, 3.63) is 40.2 Å². The van der Waals surface area contributed by atoms with Crippen molar-refractivity contribution in [2.45, 2.75) is 12.7 Å². The van der Waals surface area contributed by atoms with Gasteiger partial charge < -0.3 is 9.15 Å². The molecule has 2 aromatic rings. The third-order valence-electron chi connectivity index (χ3n) is 2.23. The molecular weight excluding hydrogens is 240 g/mol. The van der Waals surface area contributed by atoms with E-state index in [1.54, 1.807) is 12.1 Å². The zero-order valence-electron chi connectivity index (χ0n) is 9.10. The average molecular weight is 250 g/mol. The van der Waals surface area contributed by atoms with E-state index in [4.69, 9.17) is 9.15 Å². The van der Waals surface area contributed by atoms with Crippen LogP contribution in [0.3, 0.4) is 0 Å². The van der Waals surface area contributed by atoms with Crippen LogP contribution in [0.2, 0.25) is 0 Å². The van der Waals surface area contributed by atoms with Crippen molar-refractivity contribution >= 4 is 29.6 Å². The van der Waals surface area contributed by atoms with Crippen molar-refractivity contribution in [2.24, 2.45) is 0 Å². The lowest BCUT2D eigenvalue weighted by atomic mass is 10.1. The largest absolute Gasteiger partial charge is 0.427 e. The molecule has 0 fully saturated rings. The SMILES string of the molecule is CC(=O)Oc1ccc2c(CS)cc(=O)oc2c1. The van der Waals surface area contributed by atoms with E-state index in [1.807, 2.05) is 0 Å². The zero-order valence-corrected chi connectivity index (χ0v) is 9.99. The van der Waals surface area contributed by atoms with Crippen molar-refractivity contribution in [1.82, 2.24) is 0 Å². The van der Waals surface area contributed by atoms with E-state index < -0.39 is 11.6 Å². The molecule has 2 rings (SSSR count). The highest BCUT2D eigenvalue weighted by Crippen LogP contribution is 2.23. The fourth-order valence-electron chi connectivity index (χ4n) is 1.57. The summed E-state index contributed by atoms with van der Waals surface area (Å²) in [6.45, 7) is 1.31. The van der Waals surface area contributed by atoms with Gasteiger partial charge >= 0.3 is 11.6 Å². The number of ether oxygens (including phenoxy) is 1. The Balaban J connectivity index is 2.61. The van der Waals surface area contributed by atoms with E-state index in [0.29, 0.717) is 17.1 Å². The van der Waals surface area contributed by atoms with Crippen LogP contribution in [0.4, 0.5) is 0 Å². The molecule has 88 valence electrons. The first kappa shape index (κ1) is 11.7. The number of benzene rings is 1. The average Bonchev–Trinajstić information content (AvgIpc) is 2.26. The van der Waals surface area contributed by atoms with Gasteiger partial charge in [-0.1, -0.05) is 0 Å². The fraction of sp³-hybridized carbons (Fsp3) is 0.167. The third kappa shape index (κ3) is 2.50. The Bertz CT molecular complexity index is 630. The molecule has 1 aromatic carbocycles. The summed E-state index contributed by atoms with van der Waals surface area (Å²) < 4.78 is 9.96. The third-order valence-corrected chi connectivity index (χ3v) is 2.57. The topological polar surface area (TPSA) is 56.5 Å². The normalized spacial score (nSPS) is 10.5. The molecule has 0 unspecified atom stereocenters. The molecule has 17 heavy (non-hydrogen) atoms. The Morgan fingerprint density at radius 3 is 2.82 bits per heavy atom. The highest BCUT2D eigenvalue weighted by atomic mass is 32.1. The van der Waals surface area contributed by atoms with E-state index in [9.17, 15) is 9.59 Å². The molecule has 0 aliphatic rings. The van der Waals surface area contributed by atoms with Crippen LogP contribution in [0, 0.1) is 0 Å². The molecular formula is C12H10O4S. The molecule has 5 heteroatoms. The van der Waals surface area contributed by atoms with Crippen LogP contribution in [0.25, 0.3) is 11.0 Å². The Kier molecular flexibility index (Phi) is 3.19. The molecule has 0 radical (unpaired) electrons. The smallest absolute Gasteiger partial charge is 0.336 e. The summed E-state index contributed by atoms with van der Waals surface area (Å²) in [7, 11) is 0. The maximum absolute atomic E-state index is 11.3. The Morgan fingerprint density at radius 1 is 1.41 bits per heavy atom. The minimum Gasteiger partial charge on any atom is -0.427 e. The van der Waals surface area contributed by atoms with Crippen molar-refractivity contribution in [2.75, 3.05) is 0 Å². The molecule has 0 aliphatic heterocycles. The number of thiol groups is 1. The molecule has 0 saturated carbocycles. The van der Waals surface area contributed by atoms with Gasteiger partial charge in [-0.2, -0.15) is 12.6 Å². The number of carbonyl (C=O) groups is 1. The number of carbonyl (C=O) groups excluding carboxylic acids is 1. The lowest BCUT2D eigenvalue weighted by molar-refractivity contribution is -0.131. The van der Waals surface area contributed by atoms with Crippen LogP contribution in [-0.4, -0.2) is 5.97 Å². The molecule has 0 N–H and O–H groups in total. The van der Waals surface area contributed by atoms with E-state index in [-0.39, 0.29) is 0 Å². The highest BCUT2D eigenvalue weighted by molar-refractivity contribution is 7.79. The van der Waals surface area contributed by atoms with Gasteiger partial charge in [0.25, 0.3) is 0 Å². The van der Waals surface area contributed by atoms with Gasteiger partial charge in [0.2, 0.25) is 0 Å².